The molecule has 0 bridgehead atoms. The summed E-state index contributed by atoms with van der Waals surface area (Å²) in [5.74, 6) is 2.22. The number of hydrogen-bond acceptors (Lipinski definition) is 4. The Hall–Kier alpha value is -1.82. The second kappa shape index (κ2) is 6.76. The molecular formula is C15H18N4OS. The fraction of sp³-hybridized carbons (Fsp3) is 0.400. The van der Waals surface area contributed by atoms with Crippen molar-refractivity contribution in [1.82, 2.24) is 19.9 Å². The van der Waals surface area contributed by atoms with Crippen LogP contribution in [-0.4, -0.2) is 44.6 Å². The van der Waals surface area contributed by atoms with Gasteiger partial charge in [0.2, 0.25) is 5.91 Å². The van der Waals surface area contributed by atoms with E-state index in [9.17, 15) is 4.79 Å². The van der Waals surface area contributed by atoms with Gasteiger partial charge in [0.25, 0.3) is 0 Å². The van der Waals surface area contributed by atoms with Gasteiger partial charge in [0.15, 0.2) is 0 Å². The van der Waals surface area contributed by atoms with Crippen LogP contribution < -0.4 is 0 Å². The third kappa shape index (κ3) is 3.64. The van der Waals surface area contributed by atoms with Crippen molar-refractivity contribution in [2.75, 3.05) is 18.8 Å². The minimum atomic E-state index is 0.217. The van der Waals surface area contributed by atoms with Crippen molar-refractivity contribution in [3.63, 3.8) is 0 Å². The largest absolute Gasteiger partial charge is 0.348 e. The Labute approximate surface area is 128 Å². The van der Waals surface area contributed by atoms with Gasteiger partial charge in [-0.3, -0.25) is 9.78 Å². The monoisotopic (exact) mass is 302 g/mol. The number of piperidine rings is 1. The zero-order valence-corrected chi connectivity index (χ0v) is 12.6. The number of hydrogen-bond donors (Lipinski definition) is 1. The van der Waals surface area contributed by atoms with Crippen LogP contribution in [0, 0.1) is 0 Å². The molecular weight excluding hydrogens is 284 g/mol. The minimum Gasteiger partial charge on any atom is -0.348 e. The van der Waals surface area contributed by atoms with Crippen LogP contribution in [0.5, 0.6) is 0 Å². The summed E-state index contributed by atoms with van der Waals surface area (Å²) in [5.41, 5.74) is 0. The molecule has 0 saturated carbocycles. The summed E-state index contributed by atoms with van der Waals surface area (Å²) < 4.78 is 0. The maximum absolute atomic E-state index is 12.2. The Balaban J connectivity index is 1.47. The van der Waals surface area contributed by atoms with E-state index in [0.29, 0.717) is 11.7 Å². The number of pyridine rings is 1. The van der Waals surface area contributed by atoms with Crippen LogP contribution in [-0.2, 0) is 4.79 Å². The average Bonchev–Trinajstić information content (AvgIpc) is 3.08. The number of amides is 1. The van der Waals surface area contributed by atoms with E-state index < -0.39 is 0 Å². The van der Waals surface area contributed by atoms with Gasteiger partial charge in [-0.2, -0.15) is 0 Å². The van der Waals surface area contributed by atoms with Gasteiger partial charge in [-0.15, -0.1) is 11.8 Å². The first-order chi connectivity index (χ1) is 10.3. The predicted octanol–water partition coefficient (Wildman–Crippen LogP) is 2.30. The van der Waals surface area contributed by atoms with E-state index in [0.717, 1.165) is 36.7 Å². The first kappa shape index (κ1) is 14.1. The summed E-state index contributed by atoms with van der Waals surface area (Å²) in [4.78, 5) is 26.8. The molecule has 2 aromatic rings. The lowest BCUT2D eigenvalue weighted by Gasteiger charge is -2.31. The molecule has 5 nitrogen and oxygen atoms in total. The summed E-state index contributed by atoms with van der Waals surface area (Å²) in [7, 11) is 0. The van der Waals surface area contributed by atoms with Crippen molar-refractivity contribution in [3.8, 4) is 0 Å². The van der Waals surface area contributed by atoms with Crippen LogP contribution in [0.15, 0.2) is 41.8 Å². The van der Waals surface area contributed by atoms with Gasteiger partial charge >= 0.3 is 0 Å². The average molecular weight is 302 g/mol. The normalized spacial score (nSPS) is 16.1. The number of carbonyl (C=O) groups is 1. The number of nitrogens with one attached hydrogen (secondary N) is 1. The minimum absolute atomic E-state index is 0.217. The molecule has 0 radical (unpaired) electrons. The number of thioether (sulfide) groups is 1. The van der Waals surface area contributed by atoms with Gasteiger partial charge < -0.3 is 9.88 Å². The molecule has 1 fully saturated rings. The van der Waals surface area contributed by atoms with Gasteiger partial charge in [0.05, 0.1) is 5.75 Å². The number of nitrogens with zero attached hydrogens (tertiary/aromatic N) is 3. The van der Waals surface area contributed by atoms with Crippen LogP contribution in [0.2, 0.25) is 0 Å². The van der Waals surface area contributed by atoms with Crippen molar-refractivity contribution in [2.45, 2.75) is 23.7 Å². The maximum Gasteiger partial charge on any atom is 0.232 e. The van der Waals surface area contributed by atoms with Crippen molar-refractivity contribution < 1.29 is 4.79 Å². The highest BCUT2D eigenvalue weighted by molar-refractivity contribution is 8.00. The summed E-state index contributed by atoms with van der Waals surface area (Å²) in [6.45, 7) is 1.64. The summed E-state index contributed by atoms with van der Waals surface area (Å²) in [6.07, 6.45) is 9.12. The zero-order valence-electron chi connectivity index (χ0n) is 11.7. The Morgan fingerprint density at radius 3 is 2.71 bits per heavy atom. The van der Waals surface area contributed by atoms with Crippen LogP contribution in [0.25, 0.3) is 0 Å². The molecule has 1 N–H and O–H groups in total. The fourth-order valence-electron chi connectivity index (χ4n) is 2.57. The highest BCUT2D eigenvalue weighted by Gasteiger charge is 2.24. The molecule has 0 aromatic carbocycles. The third-order valence-electron chi connectivity index (χ3n) is 3.77. The second-order valence-electron chi connectivity index (χ2n) is 5.10. The lowest BCUT2D eigenvalue weighted by molar-refractivity contribution is -0.129. The number of aromatic nitrogens is 3. The quantitative estimate of drug-likeness (QED) is 0.880. The lowest BCUT2D eigenvalue weighted by atomic mass is 9.96. The lowest BCUT2D eigenvalue weighted by Crippen LogP contribution is -2.39. The Morgan fingerprint density at radius 2 is 2.05 bits per heavy atom. The molecule has 2 aromatic heterocycles. The first-order valence-electron chi connectivity index (χ1n) is 7.13. The number of aromatic amines is 1. The molecule has 1 amide bonds. The SMILES string of the molecule is O=C(CSc1ccncc1)N1CCC(c2ncc[nH]2)CC1. The molecule has 21 heavy (non-hydrogen) atoms. The van der Waals surface area contributed by atoms with E-state index >= 15 is 0 Å². The summed E-state index contributed by atoms with van der Waals surface area (Å²) in [6, 6.07) is 3.86. The van der Waals surface area contributed by atoms with E-state index in [-0.39, 0.29) is 5.91 Å². The van der Waals surface area contributed by atoms with Crippen molar-refractivity contribution in [1.29, 1.82) is 0 Å². The summed E-state index contributed by atoms with van der Waals surface area (Å²) >= 11 is 1.57. The van der Waals surface area contributed by atoms with Crippen LogP contribution >= 0.6 is 11.8 Å². The second-order valence-corrected chi connectivity index (χ2v) is 6.15. The molecule has 110 valence electrons. The van der Waals surface area contributed by atoms with Crippen LogP contribution in [0.3, 0.4) is 0 Å². The van der Waals surface area contributed by atoms with Gasteiger partial charge in [0.1, 0.15) is 5.82 Å². The first-order valence-corrected chi connectivity index (χ1v) is 8.11. The van der Waals surface area contributed by atoms with Gasteiger partial charge in [-0.05, 0) is 25.0 Å². The van der Waals surface area contributed by atoms with E-state index in [1.165, 1.54) is 0 Å². The molecule has 0 unspecified atom stereocenters. The van der Waals surface area contributed by atoms with Crippen molar-refractivity contribution in [2.24, 2.45) is 0 Å². The Morgan fingerprint density at radius 1 is 1.29 bits per heavy atom. The molecule has 1 aliphatic rings. The van der Waals surface area contributed by atoms with Crippen LogP contribution in [0.1, 0.15) is 24.6 Å². The maximum atomic E-state index is 12.2. The molecule has 0 atom stereocenters. The highest BCUT2D eigenvalue weighted by atomic mass is 32.2. The standard InChI is InChI=1S/C15H18N4OS/c20-14(11-21-13-1-5-16-6-2-13)19-9-3-12(4-10-19)15-17-7-8-18-15/h1-2,5-8,12H,3-4,9-11H2,(H,17,18). The molecule has 6 heteroatoms. The Bertz CT molecular complexity index is 565. The number of rotatable bonds is 4. The van der Waals surface area contributed by atoms with Gasteiger partial charge in [0, 0.05) is 48.7 Å². The Kier molecular flexibility index (Phi) is 4.55. The fourth-order valence-corrected chi connectivity index (χ4v) is 3.36. The molecule has 0 spiro atoms. The molecule has 1 aliphatic heterocycles. The van der Waals surface area contributed by atoms with E-state index in [4.69, 9.17) is 0 Å². The summed E-state index contributed by atoms with van der Waals surface area (Å²) in [5, 5.41) is 0. The van der Waals surface area contributed by atoms with Crippen LogP contribution in [0.4, 0.5) is 0 Å². The topological polar surface area (TPSA) is 61.9 Å². The molecule has 0 aliphatic carbocycles. The third-order valence-corrected chi connectivity index (χ3v) is 4.76. The van der Waals surface area contributed by atoms with Gasteiger partial charge in [-0.25, -0.2) is 4.98 Å². The zero-order chi connectivity index (χ0) is 14.5. The molecule has 3 heterocycles. The van der Waals surface area contributed by atoms with Crippen molar-refractivity contribution >= 4 is 17.7 Å². The van der Waals surface area contributed by atoms with Gasteiger partial charge in [-0.1, -0.05) is 0 Å². The number of imidazole rings is 1. The highest BCUT2D eigenvalue weighted by Crippen LogP contribution is 2.26. The smallest absolute Gasteiger partial charge is 0.232 e. The molecule has 1 saturated heterocycles. The number of likely N-dealkylation sites (tertiary alicyclic amines) is 1. The van der Waals surface area contributed by atoms with E-state index in [1.54, 1.807) is 30.4 Å². The van der Waals surface area contributed by atoms with Crippen molar-refractivity contribution in [3.05, 3.63) is 42.7 Å². The number of H-pyrrole nitrogens is 1. The van der Waals surface area contributed by atoms with E-state index in [2.05, 4.69) is 15.0 Å². The predicted molar refractivity (Wildman–Crippen MR) is 82.1 cm³/mol. The van der Waals surface area contributed by atoms with E-state index in [1.807, 2.05) is 23.2 Å². The number of carbonyl (C=O) groups excluding carboxylic acids is 1. The molecule has 3 rings (SSSR count).